The number of hydrogen-bond acceptors (Lipinski definition) is 5. The van der Waals surface area contributed by atoms with Gasteiger partial charge in [-0.1, -0.05) is 5.21 Å². The summed E-state index contributed by atoms with van der Waals surface area (Å²) in [6.45, 7) is 0.468. The molecule has 2 rings (SSSR count). The molecule has 0 unspecified atom stereocenters. The van der Waals surface area contributed by atoms with Crippen molar-refractivity contribution in [2.24, 2.45) is 5.73 Å². The molecule has 0 atom stereocenters. The Morgan fingerprint density at radius 2 is 2.11 bits per heavy atom. The molecule has 6 nitrogen and oxygen atoms in total. The fraction of sp³-hybridized carbons (Fsp3) is 0.250. The zero-order chi connectivity index (χ0) is 13.0. The molecule has 0 aliphatic rings. The third-order valence-electron chi connectivity index (χ3n) is 2.51. The van der Waals surface area contributed by atoms with Crippen LogP contribution in [-0.2, 0) is 13.1 Å². The van der Waals surface area contributed by atoms with Crippen LogP contribution in [0.1, 0.15) is 16.1 Å². The summed E-state index contributed by atoms with van der Waals surface area (Å²) < 4.78 is 6.51. The van der Waals surface area contributed by atoms with E-state index in [4.69, 9.17) is 10.5 Å². The first-order valence-electron chi connectivity index (χ1n) is 5.49. The van der Waals surface area contributed by atoms with Crippen LogP contribution >= 0.6 is 0 Å². The number of nitrogens with two attached hydrogens (primary N) is 1. The average molecular weight is 246 g/mol. The molecule has 0 fully saturated rings. The van der Waals surface area contributed by atoms with Crippen LogP contribution in [0, 0.1) is 0 Å². The zero-order valence-corrected chi connectivity index (χ0v) is 10.0. The highest BCUT2D eigenvalue weighted by Crippen LogP contribution is 2.12. The van der Waals surface area contributed by atoms with Gasteiger partial charge in [-0.3, -0.25) is 4.79 Å². The van der Waals surface area contributed by atoms with Gasteiger partial charge in [-0.15, -0.1) is 5.10 Å². The van der Waals surface area contributed by atoms with Crippen molar-refractivity contribution in [3.63, 3.8) is 0 Å². The molecule has 0 saturated heterocycles. The molecule has 18 heavy (non-hydrogen) atoms. The zero-order valence-electron chi connectivity index (χ0n) is 10.0. The fourth-order valence-electron chi connectivity index (χ4n) is 1.52. The van der Waals surface area contributed by atoms with Gasteiger partial charge in [0, 0.05) is 12.1 Å². The van der Waals surface area contributed by atoms with Crippen molar-refractivity contribution < 1.29 is 9.53 Å². The van der Waals surface area contributed by atoms with E-state index in [-0.39, 0.29) is 12.3 Å². The number of nitrogens with zero attached hydrogens (tertiary/aromatic N) is 3. The maximum absolute atomic E-state index is 12.0. The Labute approximate surface area is 104 Å². The lowest BCUT2D eigenvalue weighted by molar-refractivity contribution is 0.0967. The van der Waals surface area contributed by atoms with Gasteiger partial charge in [0.1, 0.15) is 12.3 Å². The number of rotatable bonds is 5. The van der Waals surface area contributed by atoms with Gasteiger partial charge in [0.05, 0.1) is 19.0 Å². The van der Waals surface area contributed by atoms with Gasteiger partial charge in [0.15, 0.2) is 5.78 Å². The van der Waals surface area contributed by atoms with Gasteiger partial charge < -0.3 is 10.5 Å². The molecule has 0 saturated carbocycles. The molecule has 2 N–H and O–H groups in total. The average Bonchev–Trinajstić information content (AvgIpc) is 2.86. The number of hydrogen-bond donors (Lipinski definition) is 1. The second kappa shape index (κ2) is 5.42. The predicted molar refractivity (Wildman–Crippen MR) is 65.2 cm³/mol. The van der Waals surface area contributed by atoms with Crippen LogP contribution in [0.15, 0.2) is 30.5 Å². The van der Waals surface area contributed by atoms with Gasteiger partial charge in [0.2, 0.25) is 0 Å². The van der Waals surface area contributed by atoms with E-state index in [1.807, 2.05) is 0 Å². The van der Waals surface area contributed by atoms with E-state index < -0.39 is 0 Å². The van der Waals surface area contributed by atoms with Crippen molar-refractivity contribution in [1.82, 2.24) is 15.0 Å². The number of ether oxygens (including phenoxy) is 1. The Hall–Kier alpha value is -2.21. The minimum atomic E-state index is -0.0360. The highest BCUT2D eigenvalue weighted by Gasteiger charge is 2.08. The van der Waals surface area contributed by atoms with Gasteiger partial charge >= 0.3 is 0 Å². The van der Waals surface area contributed by atoms with Crippen molar-refractivity contribution in [2.75, 3.05) is 7.11 Å². The van der Waals surface area contributed by atoms with Crippen LogP contribution in [0.5, 0.6) is 5.75 Å². The number of carbonyl (C=O) groups excluding carboxylic acids is 1. The Balaban J connectivity index is 2.06. The summed E-state index contributed by atoms with van der Waals surface area (Å²) >= 11 is 0. The quantitative estimate of drug-likeness (QED) is 0.782. The van der Waals surface area contributed by atoms with Gasteiger partial charge in [-0.05, 0) is 24.3 Å². The number of benzene rings is 1. The Morgan fingerprint density at radius 1 is 1.39 bits per heavy atom. The van der Waals surface area contributed by atoms with Crippen LogP contribution in [0.3, 0.4) is 0 Å². The highest BCUT2D eigenvalue weighted by molar-refractivity contribution is 5.95. The topological polar surface area (TPSA) is 83.0 Å². The molecule has 1 aromatic heterocycles. The van der Waals surface area contributed by atoms with Gasteiger partial charge in [0.25, 0.3) is 0 Å². The summed E-state index contributed by atoms with van der Waals surface area (Å²) in [4.78, 5) is 12.0. The van der Waals surface area contributed by atoms with Gasteiger partial charge in [-0.25, -0.2) is 4.68 Å². The lowest BCUT2D eigenvalue weighted by Crippen LogP contribution is -2.11. The third kappa shape index (κ3) is 2.72. The van der Waals surface area contributed by atoms with Gasteiger partial charge in [-0.2, -0.15) is 0 Å². The van der Waals surface area contributed by atoms with Crippen LogP contribution in [0.25, 0.3) is 0 Å². The molecule has 94 valence electrons. The second-order valence-electron chi connectivity index (χ2n) is 3.76. The number of methoxy groups -OCH3 is 1. The molecule has 0 radical (unpaired) electrons. The Kier molecular flexibility index (Phi) is 3.69. The van der Waals surface area contributed by atoms with Crippen molar-refractivity contribution >= 4 is 5.78 Å². The molecule has 2 aromatic rings. The molecular weight excluding hydrogens is 232 g/mol. The summed E-state index contributed by atoms with van der Waals surface area (Å²) in [6, 6.07) is 6.95. The van der Waals surface area contributed by atoms with E-state index in [9.17, 15) is 4.79 Å². The Bertz CT molecular complexity index is 533. The molecule has 0 aliphatic carbocycles. The largest absolute Gasteiger partial charge is 0.497 e. The van der Waals surface area contributed by atoms with Crippen molar-refractivity contribution in [3.8, 4) is 5.75 Å². The molecule has 0 bridgehead atoms. The molecule has 0 amide bonds. The van der Waals surface area contributed by atoms with Crippen LogP contribution in [0.4, 0.5) is 0 Å². The van der Waals surface area contributed by atoms with E-state index in [0.29, 0.717) is 17.8 Å². The van der Waals surface area contributed by atoms with E-state index in [1.165, 1.54) is 4.68 Å². The van der Waals surface area contributed by atoms with Crippen LogP contribution < -0.4 is 10.5 Å². The molecule has 6 heteroatoms. The van der Waals surface area contributed by atoms with Crippen LogP contribution in [0.2, 0.25) is 0 Å². The lowest BCUT2D eigenvalue weighted by Gasteiger charge is -2.02. The van der Waals surface area contributed by atoms with Crippen molar-refractivity contribution in [1.29, 1.82) is 0 Å². The van der Waals surface area contributed by atoms with Crippen molar-refractivity contribution in [2.45, 2.75) is 13.1 Å². The SMILES string of the molecule is COc1ccc(C(=O)Cn2cc(CN)nn2)cc1. The summed E-state index contributed by atoms with van der Waals surface area (Å²) in [5.74, 6) is 0.684. The summed E-state index contributed by atoms with van der Waals surface area (Å²) in [7, 11) is 1.58. The molecule has 0 aliphatic heterocycles. The number of ketones is 1. The Morgan fingerprint density at radius 3 is 2.67 bits per heavy atom. The third-order valence-corrected chi connectivity index (χ3v) is 2.51. The first kappa shape index (κ1) is 12.3. The van der Waals surface area contributed by atoms with E-state index in [2.05, 4.69) is 10.3 Å². The lowest BCUT2D eigenvalue weighted by atomic mass is 10.1. The number of carbonyl (C=O) groups is 1. The molecule has 1 heterocycles. The fourth-order valence-corrected chi connectivity index (χ4v) is 1.52. The minimum absolute atomic E-state index is 0.0360. The normalized spacial score (nSPS) is 10.3. The predicted octanol–water partition coefficient (Wildman–Crippen LogP) is 0.628. The van der Waals surface area contributed by atoms with E-state index in [1.54, 1.807) is 37.6 Å². The smallest absolute Gasteiger partial charge is 0.184 e. The standard InChI is InChI=1S/C12H14N4O2/c1-18-11-4-2-9(3-5-11)12(17)8-16-7-10(6-13)14-15-16/h2-5,7H,6,8,13H2,1H3. The summed E-state index contributed by atoms with van der Waals surface area (Å²) in [5.41, 5.74) is 6.70. The summed E-state index contributed by atoms with van der Waals surface area (Å²) in [6.07, 6.45) is 1.67. The van der Waals surface area contributed by atoms with E-state index in [0.717, 1.165) is 5.75 Å². The number of aromatic nitrogens is 3. The minimum Gasteiger partial charge on any atom is -0.497 e. The molecular formula is C12H14N4O2. The van der Waals surface area contributed by atoms with Crippen LogP contribution in [-0.4, -0.2) is 27.9 Å². The van der Waals surface area contributed by atoms with E-state index >= 15 is 0 Å². The maximum atomic E-state index is 12.0. The molecule has 0 spiro atoms. The first-order chi connectivity index (χ1) is 8.72. The highest BCUT2D eigenvalue weighted by atomic mass is 16.5. The first-order valence-corrected chi connectivity index (χ1v) is 5.49. The van der Waals surface area contributed by atoms with Crippen molar-refractivity contribution in [3.05, 3.63) is 41.7 Å². The monoisotopic (exact) mass is 246 g/mol. The molecule has 1 aromatic carbocycles. The maximum Gasteiger partial charge on any atom is 0.184 e. The second-order valence-corrected chi connectivity index (χ2v) is 3.76. The number of Topliss-reactive ketones (excluding diaryl/α,β-unsaturated/α-hetero) is 1. The summed E-state index contributed by atoms with van der Waals surface area (Å²) in [5, 5.41) is 7.65.